The summed E-state index contributed by atoms with van der Waals surface area (Å²) in [5.41, 5.74) is 3.57. The minimum Gasteiger partial charge on any atom is -0.493 e. The van der Waals surface area contributed by atoms with Gasteiger partial charge in [-0.25, -0.2) is 0 Å². The number of fused-ring (bicyclic) bond motifs is 1. The Morgan fingerprint density at radius 2 is 1.69 bits per heavy atom. The molecule has 0 fully saturated rings. The van der Waals surface area contributed by atoms with Crippen LogP contribution in [0, 0.1) is 18.3 Å². The summed E-state index contributed by atoms with van der Waals surface area (Å²) in [7, 11) is 0. The minimum absolute atomic E-state index is 0.00704. The highest BCUT2D eigenvalue weighted by Crippen LogP contribution is 2.31. The van der Waals surface area contributed by atoms with Crippen LogP contribution in [-0.4, -0.2) is 12.5 Å². The summed E-state index contributed by atoms with van der Waals surface area (Å²) in [6.45, 7) is 5.08. The van der Waals surface area contributed by atoms with Gasteiger partial charge in [-0.3, -0.25) is 4.79 Å². The van der Waals surface area contributed by atoms with Crippen LogP contribution in [0.5, 0.6) is 11.5 Å². The van der Waals surface area contributed by atoms with E-state index in [0.717, 1.165) is 22.8 Å². The summed E-state index contributed by atoms with van der Waals surface area (Å²) in [5.74, 6) is 0.851. The molecule has 0 saturated heterocycles. The molecule has 0 radical (unpaired) electrons. The fourth-order valence-electron chi connectivity index (χ4n) is 3.74. The molecule has 0 spiro atoms. The lowest BCUT2D eigenvalue weighted by Crippen LogP contribution is -2.13. The average molecular weight is 477 g/mol. The number of nitrogens with one attached hydrogen (secondary N) is 1. The standard InChI is InChI=1S/C31H28N2O3/c1-3-18-35-30-17-12-24-6-4-5-7-28(24)29(30)19-25(20-32)31(34)33-26-13-15-27(16-14-26)36-21-23-10-8-22(2)9-11-23/h4-17,19H,3,18,21H2,1-2H3,(H,33,34)/b25-19+. The molecule has 36 heavy (non-hydrogen) atoms. The zero-order valence-electron chi connectivity index (χ0n) is 20.5. The number of nitriles is 1. The smallest absolute Gasteiger partial charge is 0.266 e. The van der Waals surface area contributed by atoms with E-state index in [1.165, 1.54) is 5.56 Å². The number of anilines is 1. The number of ether oxygens (including phenoxy) is 2. The minimum atomic E-state index is -0.486. The number of amides is 1. The van der Waals surface area contributed by atoms with Crippen molar-refractivity contribution in [3.63, 3.8) is 0 Å². The van der Waals surface area contributed by atoms with Gasteiger partial charge in [-0.05, 0) is 66.1 Å². The maximum atomic E-state index is 13.0. The number of carbonyl (C=O) groups is 1. The predicted molar refractivity (Wildman–Crippen MR) is 144 cm³/mol. The first kappa shape index (κ1) is 24.6. The average Bonchev–Trinajstić information content (AvgIpc) is 2.91. The van der Waals surface area contributed by atoms with Gasteiger partial charge in [-0.2, -0.15) is 5.26 Å². The first-order valence-corrected chi connectivity index (χ1v) is 11.9. The molecule has 4 rings (SSSR count). The summed E-state index contributed by atoms with van der Waals surface area (Å²) in [4.78, 5) is 13.0. The zero-order valence-corrected chi connectivity index (χ0v) is 20.5. The maximum Gasteiger partial charge on any atom is 0.266 e. The molecule has 1 amide bonds. The van der Waals surface area contributed by atoms with Crippen LogP contribution in [0.1, 0.15) is 30.0 Å². The van der Waals surface area contributed by atoms with Crippen LogP contribution in [0.15, 0.2) is 90.5 Å². The Morgan fingerprint density at radius 3 is 2.42 bits per heavy atom. The molecule has 4 aromatic rings. The van der Waals surface area contributed by atoms with Crippen molar-refractivity contribution in [3.05, 3.63) is 107 Å². The molecule has 0 atom stereocenters. The molecular formula is C31H28N2O3. The second kappa shape index (κ2) is 11.7. The third kappa shape index (κ3) is 6.11. The van der Waals surface area contributed by atoms with Crippen molar-refractivity contribution in [3.8, 4) is 17.6 Å². The Balaban J connectivity index is 1.50. The SMILES string of the molecule is CCCOc1ccc2ccccc2c1/C=C(\C#N)C(=O)Nc1ccc(OCc2ccc(C)cc2)cc1. The van der Waals surface area contributed by atoms with Crippen LogP contribution in [0.3, 0.4) is 0 Å². The molecule has 0 aliphatic rings. The largest absolute Gasteiger partial charge is 0.493 e. The van der Waals surface area contributed by atoms with Crippen LogP contribution < -0.4 is 14.8 Å². The van der Waals surface area contributed by atoms with Crippen LogP contribution in [0.4, 0.5) is 5.69 Å². The van der Waals surface area contributed by atoms with E-state index in [0.29, 0.717) is 36.0 Å². The number of aryl methyl sites for hydroxylation is 1. The van der Waals surface area contributed by atoms with E-state index in [-0.39, 0.29) is 5.57 Å². The van der Waals surface area contributed by atoms with Crippen molar-refractivity contribution in [2.24, 2.45) is 0 Å². The summed E-state index contributed by atoms with van der Waals surface area (Å²) < 4.78 is 11.7. The third-order valence-electron chi connectivity index (χ3n) is 5.68. The zero-order chi connectivity index (χ0) is 25.3. The fourth-order valence-corrected chi connectivity index (χ4v) is 3.74. The van der Waals surface area contributed by atoms with Gasteiger partial charge >= 0.3 is 0 Å². The molecule has 5 heteroatoms. The lowest BCUT2D eigenvalue weighted by Gasteiger charge is -2.12. The van der Waals surface area contributed by atoms with Crippen LogP contribution in [0.2, 0.25) is 0 Å². The van der Waals surface area contributed by atoms with E-state index < -0.39 is 5.91 Å². The summed E-state index contributed by atoms with van der Waals surface area (Å²) >= 11 is 0. The van der Waals surface area contributed by atoms with Crippen molar-refractivity contribution in [2.75, 3.05) is 11.9 Å². The van der Waals surface area contributed by atoms with E-state index in [4.69, 9.17) is 9.47 Å². The van der Waals surface area contributed by atoms with E-state index >= 15 is 0 Å². The molecule has 180 valence electrons. The van der Waals surface area contributed by atoms with Crippen molar-refractivity contribution in [1.29, 1.82) is 5.26 Å². The predicted octanol–water partition coefficient (Wildman–Crippen LogP) is 7.06. The lowest BCUT2D eigenvalue weighted by molar-refractivity contribution is -0.112. The first-order chi connectivity index (χ1) is 17.6. The van der Waals surface area contributed by atoms with E-state index in [2.05, 4.69) is 17.4 Å². The van der Waals surface area contributed by atoms with Crippen LogP contribution in [-0.2, 0) is 11.4 Å². The van der Waals surface area contributed by atoms with E-state index in [1.807, 2.05) is 68.4 Å². The Hall–Kier alpha value is -4.56. The molecule has 0 unspecified atom stereocenters. The summed E-state index contributed by atoms with van der Waals surface area (Å²) in [6, 6.07) is 29.0. The molecule has 0 bridgehead atoms. The highest BCUT2D eigenvalue weighted by atomic mass is 16.5. The third-order valence-corrected chi connectivity index (χ3v) is 5.68. The summed E-state index contributed by atoms with van der Waals surface area (Å²) in [6.07, 6.45) is 2.45. The number of nitrogens with zero attached hydrogens (tertiary/aromatic N) is 1. The maximum absolute atomic E-state index is 13.0. The van der Waals surface area contributed by atoms with Gasteiger partial charge in [0.15, 0.2) is 0 Å². The number of rotatable bonds is 9. The van der Waals surface area contributed by atoms with Gasteiger partial charge in [0.1, 0.15) is 29.7 Å². The Labute approximate surface area is 211 Å². The lowest BCUT2D eigenvalue weighted by atomic mass is 10.0. The van der Waals surface area contributed by atoms with Crippen molar-refractivity contribution in [2.45, 2.75) is 26.9 Å². The van der Waals surface area contributed by atoms with Gasteiger partial charge < -0.3 is 14.8 Å². The molecule has 1 N–H and O–H groups in total. The Morgan fingerprint density at radius 1 is 0.944 bits per heavy atom. The van der Waals surface area contributed by atoms with Gasteiger partial charge in [0.2, 0.25) is 0 Å². The second-order valence-corrected chi connectivity index (χ2v) is 8.47. The van der Waals surface area contributed by atoms with E-state index in [1.54, 1.807) is 30.3 Å². The van der Waals surface area contributed by atoms with Crippen molar-refractivity contribution < 1.29 is 14.3 Å². The Kier molecular flexibility index (Phi) is 8.00. The molecule has 0 aliphatic heterocycles. The number of carbonyl (C=O) groups excluding carboxylic acids is 1. The van der Waals surface area contributed by atoms with Gasteiger partial charge in [0.25, 0.3) is 5.91 Å². The normalized spacial score (nSPS) is 11.1. The quantitative estimate of drug-likeness (QED) is 0.207. The number of hydrogen-bond acceptors (Lipinski definition) is 4. The van der Waals surface area contributed by atoms with Crippen molar-refractivity contribution in [1.82, 2.24) is 0 Å². The monoisotopic (exact) mass is 476 g/mol. The van der Waals surface area contributed by atoms with Crippen LogP contribution in [0.25, 0.3) is 16.8 Å². The topological polar surface area (TPSA) is 71.3 Å². The number of benzene rings is 4. The highest BCUT2D eigenvalue weighted by Gasteiger charge is 2.14. The van der Waals surface area contributed by atoms with Crippen molar-refractivity contribution >= 4 is 28.4 Å². The first-order valence-electron chi connectivity index (χ1n) is 11.9. The van der Waals surface area contributed by atoms with Gasteiger partial charge in [0.05, 0.1) is 6.61 Å². The van der Waals surface area contributed by atoms with E-state index in [9.17, 15) is 10.1 Å². The Bertz CT molecular complexity index is 1420. The summed E-state index contributed by atoms with van der Waals surface area (Å²) in [5, 5.41) is 14.5. The highest BCUT2D eigenvalue weighted by molar-refractivity contribution is 6.11. The fraction of sp³-hybridized carbons (Fsp3) is 0.161. The van der Waals surface area contributed by atoms with Gasteiger partial charge in [-0.1, -0.05) is 67.1 Å². The number of hydrogen-bond donors (Lipinski definition) is 1. The second-order valence-electron chi connectivity index (χ2n) is 8.47. The molecular weight excluding hydrogens is 448 g/mol. The van der Waals surface area contributed by atoms with Gasteiger partial charge in [-0.15, -0.1) is 0 Å². The molecule has 4 aromatic carbocycles. The molecule has 0 aliphatic carbocycles. The van der Waals surface area contributed by atoms with Crippen LogP contribution >= 0.6 is 0 Å². The molecule has 5 nitrogen and oxygen atoms in total. The molecule has 0 saturated carbocycles. The van der Waals surface area contributed by atoms with Gasteiger partial charge in [0, 0.05) is 11.3 Å². The molecule has 0 heterocycles. The molecule has 0 aromatic heterocycles.